The molecule has 0 aliphatic carbocycles. The molecule has 0 aliphatic rings. The summed E-state index contributed by atoms with van der Waals surface area (Å²) in [5, 5.41) is 14.9. The SMILES string of the molecule is COc1ccc(NC(=O)C(=O)N/N=C/c2ccc(C(=O)O)cc2)cc1. The van der Waals surface area contributed by atoms with Crippen LogP contribution in [-0.4, -0.2) is 36.2 Å². The summed E-state index contributed by atoms with van der Waals surface area (Å²) < 4.78 is 4.99. The molecule has 0 saturated carbocycles. The van der Waals surface area contributed by atoms with E-state index in [0.717, 1.165) is 0 Å². The number of ether oxygens (including phenoxy) is 1. The van der Waals surface area contributed by atoms with Gasteiger partial charge in [0.15, 0.2) is 0 Å². The first kappa shape index (κ1) is 17.7. The van der Waals surface area contributed by atoms with E-state index in [4.69, 9.17) is 9.84 Å². The lowest BCUT2D eigenvalue weighted by atomic mass is 10.1. The highest BCUT2D eigenvalue weighted by atomic mass is 16.5. The zero-order chi connectivity index (χ0) is 18.2. The van der Waals surface area contributed by atoms with Gasteiger partial charge in [0.25, 0.3) is 0 Å². The van der Waals surface area contributed by atoms with Crippen LogP contribution in [0.25, 0.3) is 0 Å². The van der Waals surface area contributed by atoms with E-state index in [9.17, 15) is 14.4 Å². The van der Waals surface area contributed by atoms with Gasteiger partial charge in [0.1, 0.15) is 5.75 Å². The largest absolute Gasteiger partial charge is 0.497 e. The maximum absolute atomic E-state index is 11.7. The molecule has 2 amide bonds. The predicted molar refractivity (Wildman–Crippen MR) is 90.8 cm³/mol. The van der Waals surface area contributed by atoms with E-state index in [0.29, 0.717) is 17.0 Å². The highest BCUT2D eigenvalue weighted by molar-refractivity contribution is 6.39. The minimum atomic E-state index is -1.04. The van der Waals surface area contributed by atoms with Gasteiger partial charge in [-0.05, 0) is 42.0 Å². The Bertz CT molecular complexity index is 798. The number of hydrogen-bond acceptors (Lipinski definition) is 5. The van der Waals surface area contributed by atoms with Crippen molar-refractivity contribution in [3.8, 4) is 5.75 Å². The van der Waals surface area contributed by atoms with E-state index in [1.54, 1.807) is 24.3 Å². The van der Waals surface area contributed by atoms with E-state index < -0.39 is 17.8 Å². The van der Waals surface area contributed by atoms with Crippen LogP contribution in [-0.2, 0) is 9.59 Å². The summed E-state index contributed by atoms with van der Waals surface area (Å²) in [6.45, 7) is 0. The van der Waals surface area contributed by atoms with Gasteiger partial charge in [-0.3, -0.25) is 9.59 Å². The van der Waals surface area contributed by atoms with Gasteiger partial charge in [0.05, 0.1) is 18.9 Å². The van der Waals surface area contributed by atoms with Gasteiger partial charge in [-0.25, -0.2) is 10.2 Å². The Morgan fingerprint density at radius 2 is 1.64 bits per heavy atom. The molecular weight excluding hydrogens is 326 g/mol. The molecule has 0 radical (unpaired) electrons. The first-order valence-electron chi connectivity index (χ1n) is 7.11. The van der Waals surface area contributed by atoms with Crippen molar-refractivity contribution in [1.29, 1.82) is 0 Å². The average molecular weight is 341 g/mol. The molecule has 0 saturated heterocycles. The maximum Gasteiger partial charge on any atom is 0.335 e. The van der Waals surface area contributed by atoms with Crippen LogP contribution in [0.15, 0.2) is 53.6 Å². The van der Waals surface area contributed by atoms with Gasteiger partial charge in [0.2, 0.25) is 0 Å². The van der Waals surface area contributed by atoms with E-state index >= 15 is 0 Å². The lowest BCUT2D eigenvalue weighted by Crippen LogP contribution is -2.32. The number of nitrogens with one attached hydrogen (secondary N) is 2. The Labute approximate surface area is 143 Å². The number of aromatic carboxylic acids is 1. The minimum Gasteiger partial charge on any atom is -0.497 e. The number of methoxy groups -OCH3 is 1. The molecule has 0 fully saturated rings. The number of rotatable bonds is 5. The minimum absolute atomic E-state index is 0.139. The third kappa shape index (κ3) is 5.17. The van der Waals surface area contributed by atoms with Gasteiger partial charge in [-0.15, -0.1) is 0 Å². The highest BCUT2D eigenvalue weighted by Gasteiger charge is 2.12. The van der Waals surface area contributed by atoms with Crippen molar-refractivity contribution in [1.82, 2.24) is 5.43 Å². The molecule has 0 heterocycles. The first-order valence-corrected chi connectivity index (χ1v) is 7.11. The van der Waals surface area contributed by atoms with Crippen molar-refractivity contribution < 1.29 is 24.2 Å². The summed E-state index contributed by atoms with van der Waals surface area (Å²) in [6.07, 6.45) is 1.30. The number of nitrogens with zero attached hydrogens (tertiary/aromatic N) is 1. The molecule has 0 spiro atoms. The second-order valence-corrected chi connectivity index (χ2v) is 4.81. The van der Waals surface area contributed by atoms with Crippen LogP contribution in [0.5, 0.6) is 5.75 Å². The molecule has 2 aromatic carbocycles. The van der Waals surface area contributed by atoms with Crippen LogP contribution >= 0.6 is 0 Å². The maximum atomic E-state index is 11.7. The second kappa shape index (κ2) is 8.25. The number of carbonyl (C=O) groups excluding carboxylic acids is 2. The van der Waals surface area contributed by atoms with Crippen LogP contribution < -0.4 is 15.5 Å². The fourth-order valence-electron chi connectivity index (χ4n) is 1.79. The van der Waals surface area contributed by atoms with E-state index in [2.05, 4.69) is 15.8 Å². The van der Waals surface area contributed by atoms with E-state index in [-0.39, 0.29) is 5.56 Å². The van der Waals surface area contributed by atoms with Crippen LogP contribution in [0.1, 0.15) is 15.9 Å². The first-order chi connectivity index (χ1) is 12.0. The monoisotopic (exact) mass is 341 g/mol. The van der Waals surface area contributed by atoms with Crippen molar-refractivity contribution in [2.45, 2.75) is 0 Å². The number of carboxylic acids is 1. The molecule has 2 rings (SSSR count). The number of carbonyl (C=O) groups is 3. The Morgan fingerprint density at radius 3 is 2.20 bits per heavy atom. The predicted octanol–water partition coefficient (Wildman–Crippen LogP) is 1.48. The normalized spacial score (nSPS) is 10.3. The average Bonchev–Trinajstić information content (AvgIpc) is 2.62. The fourth-order valence-corrected chi connectivity index (χ4v) is 1.79. The van der Waals surface area contributed by atoms with Crippen molar-refractivity contribution in [3.63, 3.8) is 0 Å². The number of hydrogen-bond donors (Lipinski definition) is 3. The summed E-state index contributed by atoms with van der Waals surface area (Å²) >= 11 is 0. The number of hydrazone groups is 1. The summed E-state index contributed by atoms with van der Waals surface area (Å²) in [5.74, 6) is -2.22. The summed E-state index contributed by atoms with van der Waals surface area (Å²) in [7, 11) is 1.52. The zero-order valence-corrected chi connectivity index (χ0v) is 13.2. The van der Waals surface area contributed by atoms with E-state index in [1.807, 2.05) is 0 Å². The lowest BCUT2D eigenvalue weighted by molar-refractivity contribution is -0.136. The molecule has 0 unspecified atom stereocenters. The number of benzene rings is 2. The molecule has 0 atom stereocenters. The molecule has 2 aromatic rings. The second-order valence-electron chi connectivity index (χ2n) is 4.81. The third-order valence-electron chi connectivity index (χ3n) is 3.09. The Balaban J connectivity index is 1.87. The molecular formula is C17H15N3O5. The molecule has 8 heteroatoms. The van der Waals surface area contributed by atoms with Gasteiger partial charge < -0.3 is 15.2 Å². The molecule has 0 aliphatic heterocycles. The Morgan fingerprint density at radius 1 is 1.00 bits per heavy atom. The van der Waals surface area contributed by atoms with Gasteiger partial charge in [0, 0.05) is 5.69 Å². The quantitative estimate of drug-likeness (QED) is 0.433. The van der Waals surface area contributed by atoms with Crippen LogP contribution in [0.3, 0.4) is 0 Å². The van der Waals surface area contributed by atoms with Gasteiger partial charge in [-0.2, -0.15) is 5.10 Å². The molecule has 25 heavy (non-hydrogen) atoms. The van der Waals surface area contributed by atoms with Crippen LogP contribution in [0.4, 0.5) is 5.69 Å². The Kier molecular flexibility index (Phi) is 5.83. The Hall–Kier alpha value is -3.68. The molecule has 0 bridgehead atoms. The summed E-state index contributed by atoms with van der Waals surface area (Å²) in [4.78, 5) is 34.1. The number of anilines is 1. The summed E-state index contributed by atoms with van der Waals surface area (Å²) in [6, 6.07) is 12.3. The highest BCUT2D eigenvalue weighted by Crippen LogP contribution is 2.14. The molecule has 8 nitrogen and oxygen atoms in total. The molecule has 128 valence electrons. The van der Waals surface area contributed by atoms with Crippen molar-refractivity contribution in [3.05, 3.63) is 59.7 Å². The topological polar surface area (TPSA) is 117 Å². The van der Waals surface area contributed by atoms with E-state index in [1.165, 1.54) is 37.6 Å². The van der Waals surface area contributed by atoms with Crippen molar-refractivity contribution in [2.24, 2.45) is 5.10 Å². The number of carboxylic acid groups (broad SMARTS) is 1. The van der Waals surface area contributed by atoms with Gasteiger partial charge in [-0.1, -0.05) is 12.1 Å². The zero-order valence-electron chi connectivity index (χ0n) is 13.2. The smallest absolute Gasteiger partial charge is 0.335 e. The number of amides is 2. The molecule has 0 aromatic heterocycles. The van der Waals surface area contributed by atoms with Crippen LogP contribution in [0, 0.1) is 0 Å². The molecule has 3 N–H and O–H groups in total. The fraction of sp³-hybridized carbons (Fsp3) is 0.0588. The van der Waals surface area contributed by atoms with Crippen LogP contribution in [0.2, 0.25) is 0 Å². The third-order valence-corrected chi connectivity index (χ3v) is 3.09. The lowest BCUT2D eigenvalue weighted by Gasteiger charge is -2.05. The van der Waals surface area contributed by atoms with Crippen molar-refractivity contribution >= 4 is 29.7 Å². The summed E-state index contributed by atoms with van der Waals surface area (Å²) in [5.41, 5.74) is 3.24. The van der Waals surface area contributed by atoms with Crippen molar-refractivity contribution in [2.75, 3.05) is 12.4 Å². The van der Waals surface area contributed by atoms with Gasteiger partial charge >= 0.3 is 17.8 Å². The standard InChI is InChI=1S/C17H15N3O5/c1-25-14-8-6-13(7-9-14)19-15(21)16(22)20-18-10-11-2-4-12(5-3-11)17(23)24/h2-10H,1H3,(H,19,21)(H,20,22)(H,23,24)/b18-10+.